The highest BCUT2D eigenvalue weighted by Crippen LogP contribution is 2.21. The van der Waals surface area contributed by atoms with E-state index in [-0.39, 0.29) is 12.2 Å². The van der Waals surface area contributed by atoms with Crippen molar-refractivity contribution >= 4 is 6.09 Å². The van der Waals surface area contributed by atoms with Gasteiger partial charge in [-0.05, 0) is 19.3 Å². The molecule has 124 valence electrons. The smallest absolute Gasteiger partial charge is 0.409 e. The van der Waals surface area contributed by atoms with Crippen LogP contribution in [0, 0.1) is 0 Å². The van der Waals surface area contributed by atoms with Crippen LogP contribution in [-0.2, 0) is 31.2 Å². The fourth-order valence-corrected chi connectivity index (χ4v) is 3.08. The Morgan fingerprint density at radius 2 is 2.09 bits per heavy atom. The molecule has 0 aliphatic carbocycles. The Hall–Kier alpha value is -1.56. The molecule has 0 bridgehead atoms. The molecule has 2 rings (SSSR count). The number of hydrogen-bond donors (Lipinski definition) is 0. The standard InChI is InChI=1S/C16H28N4O2/c1-6-14-13(15(7-2)19(5)17-14)11-20-9-8-12(10-20)22-16(21)18(3)4/h12H,6-11H2,1-5H3. The number of carbonyl (C=O) groups excluding carboxylic acids is 1. The van der Waals surface area contributed by atoms with Crippen molar-refractivity contribution in [3.8, 4) is 0 Å². The molecular formula is C16H28N4O2. The first kappa shape index (κ1) is 16.8. The molecular weight excluding hydrogens is 280 g/mol. The van der Waals surface area contributed by atoms with Gasteiger partial charge >= 0.3 is 6.09 Å². The van der Waals surface area contributed by atoms with Crippen LogP contribution in [0.3, 0.4) is 0 Å². The number of aryl methyl sites for hydroxylation is 2. The van der Waals surface area contributed by atoms with Crippen molar-refractivity contribution < 1.29 is 9.53 Å². The Morgan fingerprint density at radius 3 is 2.68 bits per heavy atom. The molecule has 2 heterocycles. The summed E-state index contributed by atoms with van der Waals surface area (Å²) >= 11 is 0. The van der Waals surface area contributed by atoms with E-state index in [1.807, 2.05) is 11.7 Å². The van der Waals surface area contributed by atoms with E-state index in [9.17, 15) is 4.79 Å². The average Bonchev–Trinajstić information content (AvgIpc) is 3.03. The van der Waals surface area contributed by atoms with Gasteiger partial charge < -0.3 is 9.64 Å². The van der Waals surface area contributed by atoms with Crippen LogP contribution in [0.15, 0.2) is 0 Å². The van der Waals surface area contributed by atoms with Crippen molar-refractivity contribution in [1.82, 2.24) is 19.6 Å². The topological polar surface area (TPSA) is 50.6 Å². The summed E-state index contributed by atoms with van der Waals surface area (Å²) in [7, 11) is 5.45. The zero-order valence-corrected chi connectivity index (χ0v) is 14.4. The van der Waals surface area contributed by atoms with E-state index in [1.165, 1.54) is 21.9 Å². The van der Waals surface area contributed by atoms with E-state index in [0.717, 1.165) is 38.9 Å². The molecule has 1 fully saturated rings. The lowest BCUT2D eigenvalue weighted by molar-refractivity contribution is 0.0774. The Bertz CT molecular complexity index is 524. The number of carbonyl (C=O) groups is 1. The minimum Gasteiger partial charge on any atom is -0.445 e. The van der Waals surface area contributed by atoms with Crippen molar-refractivity contribution in [2.45, 2.75) is 45.8 Å². The second-order valence-corrected chi connectivity index (χ2v) is 6.13. The van der Waals surface area contributed by atoms with Gasteiger partial charge in [0.15, 0.2) is 0 Å². The van der Waals surface area contributed by atoms with Crippen LogP contribution in [0.5, 0.6) is 0 Å². The predicted molar refractivity (Wildman–Crippen MR) is 85.8 cm³/mol. The molecule has 6 nitrogen and oxygen atoms in total. The summed E-state index contributed by atoms with van der Waals surface area (Å²) in [5, 5.41) is 4.63. The highest BCUT2D eigenvalue weighted by atomic mass is 16.6. The van der Waals surface area contributed by atoms with Crippen LogP contribution in [-0.4, -0.2) is 59.0 Å². The second kappa shape index (κ2) is 7.13. The van der Waals surface area contributed by atoms with E-state index in [4.69, 9.17) is 4.74 Å². The first-order valence-electron chi connectivity index (χ1n) is 8.10. The number of hydrogen-bond acceptors (Lipinski definition) is 4. The van der Waals surface area contributed by atoms with Gasteiger partial charge in [0.2, 0.25) is 0 Å². The lowest BCUT2D eigenvalue weighted by Crippen LogP contribution is -2.30. The lowest BCUT2D eigenvalue weighted by Gasteiger charge is -2.18. The number of amides is 1. The van der Waals surface area contributed by atoms with E-state index in [0.29, 0.717) is 0 Å². The molecule has 1 saturated heterocycles. The number of rotatable bonds is 5. The summed E-state index contributed by atoms with van der Waals surface area (Å²) in [6, 6.07) is 0. The quantitative estimate of drug-likeness (QED) is 0.832. The molecule has 0 radical (unpaired) electrons. The molecule has 1 amide bonds. The minimum atomic E-state index is -0.253. The lowest BCUT2D eigenvalue weighted by atomic mass is 10.1. The molecule has 6 heteroatoms. The molecule has 0 N–H and O–H groups in total. The normalized spacial score (nSPS) is 18.7. The number of ether oxygens (including phenoxy) is 1. The molecule has 1 unspecified atom stereocenters. The Balaban J connectivity index is 2.00. The van der Waals surface area contributed by atoms with Gasteiger partial charge in [0.25, 0.3) is 0 Å². The van der Waals surface area contributed by atoms with Gasteiger partial charge in [0.1, 0.15) is 6.10 Å². The third-order valence-electron chi connectivity index (χ3n) is 4.27. The van der Waals surface area contributed by atoms with E-state index >= 15 is 0 Å². The predicted octanol–water partition coefficient (Wildman–Crippen LogP) is 1.82. The molecule has 1 atom stereocenters. The summed E-state index contributed by atoms with van der Waals surface area (Å²) < 4.78 is 7.49. The Morgan fingerprint density at radius 1 is 1.36 bits per heavy atom. The third-order valence-corrected chi connectivity index (χ3v) is 4.27. The summed E-state index contributed by atoms with van der Waals surface area (Å²) in [5.74, 6) is 0. The third kappa shape index (κ3) is 3.61. The maximum absolute atomic E-state index is 11.6. The van der Waals surface area contributed by atoms with Crippen molar-refractivity contribution in [2.75, 3.05) is 27.2 Å². The summed E-state index contributed by atoms with van der Waals surface area (Å²) in [6.07, 6.45) is 2.60. The summed E-state index contributed by atoms with van der Waals surface area (Å²) in [5.41, 5.74) is 3.85. The first-order chi connectivity index (χ1) is 10.5. The minimum absolute atomic E-state index is 0.00160. The molecule has 0 aromatic carbocycles. The maximum atomic E-state index is 11.6. The van der Waals surface area contributed by atoms with Crippen LogP contribution < -0.4 is 0 Å². The van der Waals surface area contributed by atoms with E-state index in [2.05, 4.69) is 23.8 Å². The Kier molecular flexibility index (Phi) is 5.45. The van der Waals surface area contributed by atoms with Crippen molar-refractivity contribution in [3.63, 3.8) is 0 Å². The first-order valence-corrected chi connectivity index (χ1v) is 8.10. The van der Waals surface area contributed by atoms with Gasteiger partial charge in [-0.1, -0.05) is 13.8 Å². The van der Waals surface area contributed by atoms with Crippen molar-refractivity contribution in [1.29, 1.82) is 0 Å². The molecule has 1 aromatic rings. The molecule has 1 aliphatic rings. The van der Waals surface area contributed by atoms with Gasteiger partial charge in [0, 0.05) is 52.0 Å². The monoisotopic (exact) mass is 308 g/mol. The fraction of sp³-hybridized carbons (Fsp3) is 0.750. The van der Waals surface area contributed by atoms with Gasteiger partial charge in [-0.15, -0.1) is 0 Å². The van der Waals surface area contributed by atoms with Crippen molar-refractivity contribution in [2.24, 2.45) is 7.05 Å². The average molecular weight is 308 g/mol. The molecule has 22 heavy (non-hydrogen) atoms. The highest BCUT2D eigenvalue weighted by Gasteiger charge is 2.27. The van der Waals surface area contributed by atoms with Gasteiger partial charge in [-0.2, -0.15) is 5.10 Å². The van der Waals surface area contributed by atoms with Crippen LogP contribution in [0.4, 0.5) is 4.79 Å². The van der Waals surface area contributed by atoms with Gasteiger partial charge in [0.05, 0.1) is 5.69 Å². The zero-order chi connectivity index (χ0) is 16.3. The van der Waals surface area contributed by atoms with E-state index < -0.39 is 0 Å². The molecule has 0 spiro atoms. The second-order valence-electron chi connectivity index (χ2n) is 6.13. The van der Waals surface area contributed by atoms with Gasteiger partial charge in [-0.25, -0.2) is 4.79 Å². The molecule has 1 aromatic heterocycles. The van der Waals surface area contributed by atoms with Crippen molar-refractivity contribution in [3.05, 3.63) is 17.0 Å². The number of aromatic nitrogens is 2. The summed E-state index contributed by atoms with van der Waals surface area (Å²) in [4.78, 5) is 15.5. The molecule has 1 aliphatic heterocycles. The van der Waals surface area contributed by atoms with Crippen LogP contribution in [0.25, 0.3) is 0 Å². The zero-order valence-electron chi connectivity index (χ0n) is 14.4. The van der Waals surface area contributed by atoms with Crippen LogP contribution >= 0.6 is 0 Å². The number of likely N-dealkylation sites (tertiary alicyclic amines) is 1. The van der Waals surface area contributed by atoms with Crippen LogP contribution in [0.1, 0.15) is 37.2 Å². The highest BCUT2D eigenvalue weighted by molar-refractivity contribution is 5.67. The Labute approximate surface area is 133 Å². The largest absolute Gasteiger partial charge is 0.445 e. The van der Waals surface area contributed by atoms with E-state index in [1.54, 1.807) is 14.1 Å². The maximum Gasteiger partial charge on any atom is 0.409 e. The summed E-state index contributed by atoms with van der Waals surface area (Å²) in [6.45, 7) is 6.99. The van der Waals surface area contributed by atoms with Crippen LogP contribution in [0.2, 0.25) is 0 Å². The fourth-order valence-electron chi connectivity index (χ4n) is 3.08. The van der Waals surface area contributed by atoms with Gasteiger partial charge in [-0.3, -0.25) is 9.58 Å². The number of nitrogens with zero attached hydrogens (tertiary/aromatic N) is 4. The molecule has 0 saturated carbocycles. The SMILES string of the molecule is CCc1nn(C)c(CC)c1CN1CCC(OC(=O)N(C)C)C1.